The van der Waals surface area contributed by atoms with Crippen molar-refractivity contribution >= 4 is 17.9 Å². The molecule has 144 valence electrons. The third-order valence-electron chi connectivity index (χ3n) is 4.47. The minimum absolute atomic E-state index is 0.209. The molecule has 1 heterocycles. The van der Waals surface area contributed by atoms with Crippen LogP contribution in [-0.4, -0.2) is 23.0 Å². The minimum Gasteiger partial charge on any atom is -0.481 e. The fraction of sp³-hybridized carbons (Fsp3) is 0.571. The van der Waals surface area contributed by atoms with E-state index < -0.39 is 17.9 Å². The Hall–Kier alpha value is -2.17. The van der Waals surface area contributed by atoms with Crippen molar-refractivity contribution in [3.05, 3.63) is 34.9 Å². The Kier molecular flexibility index (Phi) is 9.63. The highest BCUT2D eigenvalue weighted by atomic mass is 16.6. The number of allylic oxidation sites excluding steroid dienone is 4. The van der Waals surface area contributed by atoms with E-state index in [2.05, 4.69) is 30.7 Å². The number of carbonyl (C=O) groups is 3. The number of rotatable bonds is 12. The monoisotopic (exact) mass is 362 g/mol. The van der Waals surface area contributed by atoms with Crippen LogP contribution in [0.2, 0.25) is 0 Å². The van der Waals surface area contributed by atoms with Gasteiger partial charge in [0.2, 0.25) is 0 Å². The van der Waals surface area contributed by atoms with E-state index in [0.717, 1.165) is 38.5 Å². The molecule has 0 bridgehead atoms. The maximum atomic E-state index is 11.3. The second kappa shape index (κ2) is 11.4. The molecular formula is C21H30O5. The van der Waals surface area contributed by atoms with Crippen LogP contribution in [-0.2, 0) is 19.1 Å². The van der Waals surface area contributed by atoms with E-state index >= 15 is 0 Å². The van der Waals surface area contributed by atoms with Crippen molar-refractivity contribution in [2.75, 3.05) is 0 Å². The molecular weight excluding hydrogens is 332 g/mol. The van der Waals surface area contributed by atoms with E-state index in [-0.39, 0.29) is 12.3 Å². The molecule has 1 N–H and O–H groups in total. The maximum absolute atomic E-state index is 11.3. The van der Waals surface area contributed by atoms with Crippen molar-refractivity contribution in [2.24, 2.45) is 5.92 Å². The van der Waals surface area contributed by atoms with Crippen LogP contribution >= 0.6 is 0 Å². The SMILES string of the molecule is CC(=CCC[C@@H](C)CC(=O)O)CC/C=C(\C)CCCC1=CC(=O)OC1=O. The zero-order valence-corrected chi connectivity index (χ0v) is 16.0. The van der Waals surface area contributed by atoms with Gasteiger partial charge in [-0.25, -0.2) is 9.59 Å². The maximum Gasteiger partial charge on any atom is 0.342 e. The van der Waals surface area contributed by atoms with Crippen molar-refractivity contribution in [1.29, 1.82) is 0 Å². The van der Waals surface area contributed by atoms with Crippen molar-refractivity contribution < 1.29 is 24.2 Å². The van der Waals surface area contributed by atoms with Crippen LogP contribution in [0.25, 0.3) is 0 Å². The lowest BCUT2D eigenvalue weighted by atomic mass is 10.00. The highest BCUT2D eigenvalue weighted by molar-refractivity contribution is 6.08. The average molecular weight is 362 g/mol. The van der Waals surface area contributed by atoms with Crippen LogP contribution < -0.4 is 0 Å². The number of carbonyl (C=O) groups excluding carboxylic acids is 2. The van der Waals surface area contributed by atoms with E-state index in [0.29, 0.717) is 12.0 Å². The van der Waals surface area contributed by atoms with E-state index in [1.165, 1.54) is 17.2 Å². The Labute approximate surface area is 155 Å². The second-order valence-corrected chi connectivity index (χ2v) is 7.15. The van der Waals surface area contributed by atoms with Gasteiger partial charge >= 0.3 is 17.9 Å². The molecule has 0 unspecified atom stereocenters. The zero-order valence-electron chi connectivity index (χ0n) is 16.0. The first-order valence-corrected chi connectivity index (χ1v) is 9.27. The Morgan fingerprint density at radius 2 is 1.81 bits per heavy atom. The number of hydrogen-bond acceptors (Lipinski definition) is 4. The molecule has 0 aromatic carbocycles. The van der Waals surface area contributed by atoms with Gasteiger partial charge in [0.25, 0.3) is 0 Å². The lowest BCUT2D eigenvalue weighted by Crippen LogP contribution is -2.03. The summed E-state index contributed by atoms with van der Waals surface area (Å²) in [4.78, 5) is 32.9. The van der Waals surface area contributed by atoms with Gasteiger partial charge in [0.15, 0.2) is 0 Å². The molecule has 5 heteroatoms. The number of hydrogen-bond donors (Lipinski definition) is 1. The quantitative estimate of drug-likeness (QED) is 0.308. The van der Waals surface area contributed by atoms with Gasteiger partial charge in [-0.1, -0.05) is 30.2 Å². The van der Waals surface area contributed by atoms with Gasteiger partial charge in [0.05, 0.1) is 0 Å². The van der Waals surface area contributed by atoms with Crippen LogP contribution in [0.1, 0.15) is 72.1 Å². The van der Waals surface area contributed by atoms with E-state index in [1.54, 1.807) is 0 Å². The van der Waals surface area contributed by atoms with Gasteiger partial charge in [-0.15, -0.1) is 0 Å². The first kappa shape index (κ1) is 21.9. The van der Waals surface area contributed by atoms with Crippen LogP contribution in [0.3, 0.4) is 0 Å². The fourth-order valence-electron chi connectivity index (χ4n) is 2.88. The zero-order chi connectivity index (χ0) is 19.5. The number of carboxylic acid groups (broad SMARTS) is 1. The van der Waals surface area contributed by atoms with Gasteiger partial charge in [-0.05, 0) is 64.7 Å². The van der Waals surface area contributed by atoms with Crippen LogP contribution in [0, 0.1) is 5.92 Å². The predicted octanol–water partition coefficient (Wildman–Crippen LogP) is 4.73. The van der Waals surface area contributed by atoms with Crippen LogP contribution in [0.15, 0.2) is 34.9 Å². The topological polar surface area (TPSA) is 80.7 Å². The van der Waals surface area contributed by atoms with E-state index in [9.17, 15) is 14.4 Å². The summed E-state index contributed by atoms with van der Waals surface area (Å²) < 4.78 is 4.47. The van der Waals surface area contributed by atoms with Crippen molar-refractivity contribution in [3.8, 4) is 0 Å². The molecule has 0 saturated heterocycles. The lowest BCUT2D eigenvalue weighted by molar-refractivity contribution is -0.150. The average Bonchev–Trinajstić information content (AvgIpc) is 2.84. The highest BCUT2D eigenvalue weighted by Crippen LogP contribution is 2.18. The Morgan fingerprint density at radius 3 is 2.42 bits per heavy atom. The summed E-state index contributed by atoms with van der Waals surface area (Å²) in [5.74, 6) is -1.58. The standard InChI is InChI=1S/C21H30O5/c1-15(9-5-11-17(3)13-19(22)23)7-4-8-16(2)10-6-12-18-14-20(24)26-21(18)25/h8-9,14,17H,4-7,10-13H2,1-3H3,(H,22,23)/b15-9?,16-8+/t17-/m1/s1. The smallest absolute Gasteiger partial charge is 0.342 e. The summed E-state index contributed by atoms with van der Waals surface area (Å²) in [6.45, 7) is 6.17. The summed E-state index contributed by atoms with van der Waals surface area (Å²) in [7, 11) is 0. The second-order valence-electron chi connectivity index (χ2n) is 7.15. The molecule has 0 fully saturated rings. The van der Waals surface area contributed by atoms with Crippen LogP contribution in [0.5, 0.6) is 0 Å². The molecule has 1 rings (SSSR count). The number of esters is 2. The molecule has 0 aliphatic carbocycles. The van der Waals surface area contributed by atoms with Gasteiger partial charge < -0.3 is 9.84 Å². The summed E-state index contributed by atoms with van der Waals surface area (Å²) in [6.07, 6.45) is 12.0. The molecule has 5 nitrogen and oxygen atoms in total. The summed E-state index contributed by atoms with van der Waals surface area (Å²) in [5.41, 5.74) is 3.08. The third-order valence-corrected chi connectivity index (χ3v) is 4.47. The van der Waals surface area contributed by atoms with Crippen molar-refractivity contribution in [2.45, 2.75) is 72.1 Å². The normalized spacial score (nSPS) is 16.5. The molecule has 1 aliphatic heterocycles. The van der Waals surface area contributed by atoms with E-state index in [1.807, 2.05) is 6.92 Å². The number of aliphatic carboxylic acids is 1. The third kappa shape index (κ3) is 9.35. The highest BCUT2D eigenvalue weighted by Gasteiger charge is 2.22. The summed E-state index contributed by atoms with van der Waals surface area (Å²) in [6, 6.07) is 0. The molecule has 0 saturated carbocycles. The molecule has 0 spiro atoms. The molecule has 26 heavy (non-hydrogen) atoms. The fourth-order valence-corrected chi connectivity index (χ4v) is 2.88. The Morgan fingerprint density at radius 1 is 1.15 bits per heavy atom. The van der Waals surface area contributed by atoms with Crippen molar-refractivity contribution in [1.82, 2.24) is 0 Å². The number of cyclic esters (lactones) is 2. The van der Waals surface area contributed by atoms with Gasteiger partial charge in [0, 0.05) is 18.1 Å². The first-order valence-electron chi connectivity index (χ1n) is 9.27. The number of carboxylic acids is 1. The molecule has 0 amide bonds. The molecule has 0 aromatic heterocycles. The first-order chi connectivity index (χ1) is 12.3. The Balaban J connectivity index is 2.20. The largest absolute Gasteiger partial charge is 0.481 e. The lowest BCUT2D eigenvalue weighted by Gasteiger charge is -2.06. The summed E-state index contributed by atoms with van der Waals surface area (Å²) >= 11 is 0. The predicted molar refractivity (Wildman–Crippen MR) is 100 cm³/mol. The van der Waals surface area contributed by atoms with Gasteiger partial charge in [-0.2, -0.15) is 0 Å². The van der Waals surface area contributed by atoms with Crippen LogP contribution in [0.4, 0.5) is 0 Å². The molecule has 1 atom stereocenters. The molecule has 0 aromatic rings. The Bertz CT molecular complexity index is 610. The van der Waals surface area contributed by atoms with E-state index in [4.69, 9.17) is 5.11 Å². The van der Waals surface area contributed by atoms with Crippen molar-refractivity contribution in [3.63, 3.8) is 0 Å². The molecule has 1 aliphatic rings. The van der Waals surface area contributed by atoms with Gasteiger partial charge in [0.1, 0.15) is 0 Å². The minimum atomic E-state index is -0.730. The summed E-state index contributed by atoms with van der Waals surface area (Å²) in [5, 5.41) is 8.75. The number of ether oxygens (including phenoxy) is 1. The molecule has 0 radical (unpaired) electrons. The van der Waals surface area contributed by atoms with Gasteiger partial charge in [-0.3, -0.25) is 4.79 Å².